The Morgan fingerprint density at radius 3 is 2.48 bits per heavy atom. The maximum atomic E-state index is 12.4. The van der Waals surface area contributed by atoms with Gasteiger partial charge in [0.05, 0.1) is 0 Å². The normalized spacial score (nSPS) is 13.9. The molecular formula is C22H22N2O3. The first-order valence-electron chi connectivity index (χ1n) is 9.36. The number of anilines is 1. The molecule has 0 unspecified atom stereocenters. The summed E-state index contributed by atoms with van der Waals surface area (Å²) in [6, 6.07) is 16.9. The number of hydrogen-bond donors (Lipinski definition) is 1. The van der Waals surface area contributed by atoms with Crippen LogP contribution in [0.5, 0.6) is 0 Å². The Morgan fingerprint density at radius 2 is 1.74 bits per heavy atom. The average Bonchev–Trinajstić information content (AvgIpc) is 3.37. The fourth-order valence-corrected chi connectivity index (χ4v) is 3.42. The topological polar surface area (TPSA) is 62.6 Å². The number of fused-ring (bicyclic) bond motifs is 1. The van der Waals surface area contributed by atoms with Crippen LogP contribution < -0.4 is 5.32 Å². The summed E-state index contributed by atoms with van der Waals surface area (Å²) in [4.78, 5) is 26.4. The molecule has 1 aromatic heterocycles. The van der Waals surface area contributed by atoms with Crippen LogP contribution in [0.1, 0.15) is 35.4 Å². The summed E-state index contributed by atoms with van der Waals surface area (Å²) in [5, 5.41) is 3.75. The number of carbonyl (C=O) groups excluding carboxylic acids is 2. The SMILES string of the molecule is O=C(Nc1ccc(CCC(=O)N2CCCC2)cc1)c1cc2ccccc2o1. The van der Waals surface area contributed by atoms with Gasteiger partial charge in [-0.1, -0.05) is 30.3 Å². The number of nitrogens with zero attached hydrogens (tertiary/aromatic N) is 1. The summed E-state index contributed by atoms with van der Waals surface area (Å²) in [5.41, 5.74) is 2.49. The number of rotatable bonds is 5. The first-order valence-corrected chi connectivity index (χ1v) is 9.36. The molecule has 1 N–H and O–H groups in total. The van der Waals surface area contributed by atoms with Gasteiger partial charge in [-0.25, -0.2) is 0 Å². The summed E-state index contributed by atoms with van der Waals surface area (Å²) in [5.74, 6) is 0.245. The molecule has 1 aliphatic heterocycles. The van der Waals surface area contributed by atoms with Crippen LogP contribution in [0, 0.1) is 0 Å². The fourth-order valence-electron chi connectivity index (χ4n) is 3.42. The van der Waals surface area contributed by atoms with Gasteiger partial charge in [0.25, 0.3) is 5.91 Å². The van der Waals surface area contributed by atoms with Crippen LogP contribution in [0.3, 0.4) is 0 Å². The molecule has 2 amide bonds. The Labute approximate surface area is 158 Å². The van der Waals surface area contributed by atoms with E-state index < -0.39 is 0 Å². The smallest absolute Gasteiger partial charge is 0.291 e. The molecule has 3 aromatic rings. The van der Waals surface area contributed by atoms with E-state index in [0.29, 0.717) is 24.1 Å². The first-order chi connectivity index (χ1) is 13.2. The summed E-state index contributed by atoms with van der Waals surface area (Å²) in [7, 11) is 0. The number of benzene rings is 2. The van der Waals surface area contributed by atoms with Gasteiger partial charge in [-0.2, -0.15) is 0 Å². The Balaban J connectivity index is 1.34. The number of aryl methyl sites for hydroxylation is 1. The Bertz CT molecular complexity index is 920. The highest BCUT2D eigenvalue weighted by atomic mass is 16.3. The van der Waals surface area contributed by atoms with Crippen LogP contribution in [-0.4, -0.2) is 29.8 Å². The maximum absolute atomic E-state index is 12.4. The van der Waals surface area contributed by atoms with E-state index >= 15 is 0 Å². The zero-order valence-corrected chi connectivity index (χ0v) is 15.1. The highest BCUT2D eigenvalue weighted by molar-refractivity contribution is 6.04. The zero-order valence-electron chi connectivity index (χ0n) is 15.1. The molecule has 2 aromatic carbocycles. The standard InChI is InChI=1S/C22H22N2O3/c25-21(24-13-3-4-14-24)12-9-16-7-10-18(11-8-16)23-22(26)20-15-17-5-1-2-6-19(17)27-20/h1-2,5-8,10-11,15H,3-4,9,12-14H2,(H,23,26). The third-order valence-corrected chi connectivity index (χ3v) is 4.95. The van der Waals surface area contributed by atoms with Crippen molar-refractivity contribution in [2.45, 2.75) is 25.7 Å². The van der Waals surface area contributed by atoms with Crippen molar-refractivity contribution in [3.8, 4) is 0 Å². The van der Waals surface area contributed by atoms with E-state index in [9.17, 15) is 9.59 Å². The number of carbonyl (C=O) groups is 2. The van der Waals surface area contributed by atoms with Gasteiger partial charge < -0.3 is 14.6 Å². The van der Waals surface area contributed by atoms with E-state index in [1.807, 2.05) is 53.4 Å². The van der Waals surface area contributed by atoms with Crippen LogP contribution >= 0.6 is 0 Å². The van der Waals surface area contributed by atoms with Crippen molar-refractivity contribution in [2.75, 3.05) is 18.4 Å². The largest absolute Gasteiger partial charge is 0.451 e. The van der Waals surface area contributed by atoms with Gasteiger partial charge in [0.15, 0.2) is 5.76 Å². The number of nitrogens with one attached hydrogen (secondary N) is 1. The van der Waals surface area contributed by atoms with E-state index in [1.54, 1.807) is 6.07 Å². The first kappa shape index (κ1) is 17.3. The highest BCUT2D eigenvalue weighted by Gasteiger charge is 2.17. The zero-order chi connectivity index (χ0) is 18.6. The van der Waals surface area contributed by atoms with Crippen molar-refractivity contribution < 1.29 is 14.0 Å². The van der Waals surface area contributed by atoms with Crippen molar-refractivity contribution in [3.63, 3.8) is 0 Å². The molecule has 4 rings (SSSR count). The average molecular weight is 362 g/mol. The van der Waals surface area contributed by atoms with E-state index in [1.165, 1.54) is 0 Å². The number of likely N-dealkylation sites (tertiary alicyclic amines) is 1. The van der Waals surface area contributed by atoms with Gasteiger partial charge in [0.2, 0.25) is 5.91 Å². The van der Waals surface area contributed by atoms with Gasteiger partial charge in [-0.15, -0.1) is 0 Å². The van der Waals surface area contributed by atoms with Gasteiger partial charge in [-0.3, -0.25) is 9.59 Å². The molecule has 2 heterocycles. The van der Waals surface area contributed by atoms with E-state index in [2.05, 4.69) is 5.32 Å². The van der Waals surface area contributed by atoms with E-state index in [-0.39, 0.29) is 17.6 Å². The van der Waals surface area contributed by atoms with Gasteiger partial charge in [0.1, 0.15) is 5.58 Å². The molecule has 1 aliphatic rings. The van der Waals surface area contributed by atoms with E-state index in [0.717, 1.165) is 36.9 Å². The molecule has 0 aliphatic carbocycles. The van der Waals surface area contributed by atoms with Crippen molar-refractivity contribution in [3.05, 3.63) is 65.9 Å². The van der Waals surface area contributed by atoms with Crippen LogP contribution in [0.2, 0.25) is 0 Å². The lowest BCUT2D eigenvalue weighted by molar-refractivity contribution is -0.130. The van der Waals surface area contributed by atoms with Gasteiger partial charge in [-0.05, 0) is 49.1 Å². The molecule has 5 nitrogen and oxygen atoms in total. The molecule has 0 atom stereocenters. The fraction of sp³-hybridized carbons (Fsp3) is 0.273. The van der Waals surface area contributed by atoms with Crippen LogP contribution in [-0.2, 0) is 11.2 Å². The number of hydrogen-bond acceptors (Lipinski definition) is 3. The molecule has 1 saturated heterocycles. The lowest BCUT2D eigenvalue weighted by Crippen LogP contribution is -2.27. The number of furan rings is 1. The van der Waals surface area contributed by atoms with Crippen molar-refractivity contribution in [2.24, 2.45) is 0 Å². The molecule has 0 radical (unpaired) electrons. The molecule has 27 heavy (non-hydrogen) atoms. The lowest BCUT2D eigenvalue weighted by Gasteiger charge is -2.15. The summed E-state index contributed by atoms with van der Waals surface area (Å²) >= 11 is 0. The second-order valence-electron chi connectivity index (χ2n) is 6.89. The second kappa shape index (κ2) is 7.66. The molecular weight excluding hydrogens is 340 g/mol. The third-order valence-electron chi connectivity index (χ3n) is 4.95. The minimum Gasteiger partial charge on any atom is -0.451 e. The minimum atomic E-state index is -0.275. The summed E-state index contributed by atoms with van der Waals surface area (Å²) in [6.45, 7) is 1.79. The van der Waals surface area contributed by atoms with Crippen molar-refractivity contribution >= 4 is 28.5 Å². The quantitative estimate of drug-likeness (QED) is 0.738. The number of amides is 2. The maximum Gasteiger partial charge on any atom is 0.291 e. The molecule has 1 fully saturated rings. The van der Waals surface area contributed by atoms with Crippen LogP contribution in [0.4, 0.5) is 5.69 Å². The number of para-hydroxylation sites is 1. The second-order valence-corrected chi connectivity index (χ2v) is 6.89. The predicted octanol–water partition coefficient (Wildman–Crippen LogP) is 4.24. The molecule has 138 valence electrons. The Morgan fingerprint density at radius 1 is 1.00 bits per heavy atom. The van der Waals surface area contributed by atoms with Crippen molar-refractivity contribution in [1.82, 2.24) is 4.90 Å². The molecule has 0 bridgehead atoms. The van der Waals surface area contributed by atoms with E-state index in [4.69, 9.17) is 4.42 Å². The van der Waals surface area contributed by atoms with Gasteiger partial charge in [0, 0.05) is 30.6 Å². The highest BCUT2D eigenvalue weighted by Crippen LogP contribution is 2.20. The molecule has 0 saturated carbocycles. The summed E-state index contributed by atoms with van der Waals surface area (Å²) in [6.07, 6.45) is 3.48. The Hall–Kier alpha value is -3.08. The monoisotopic (exact) mass is 362 g/mol. The van der Waals surface area contributed by atoms with Crippen molar-refractivity contribution in [1.29, 1.82) is 0 Å². The minimum absolute atomic E-state index is 0.231. The lowest BCUT2D eigenvalue weighted by atomic mass is 10.1. The predicted molar refractivity (Wildman–Crippen MR) is 105 cm³/mol. The van der Waals surface area contributed by atoms with Crippen LogP contribution in [0.15, 0.2) is 59.0 Å². The molecule has 0 spiro atoms. The van der Waals surface area contributed by atoms with Gasteiger partial charge >= 0.3 is 0 Å². The summed E-state index contributed by atoms with van der Waals surface area (Å²) < 4.78 is 5.59. The third kappa shape index (κ3) is 4.03. The van der Waals surface area contributed by atoms with Crippen LogP contribution in [0.25, 0.3) is 11.0 Å². The Kier molecular flexibility index (Phi) is 4.92. The molecule has 5 heteroatoms.